The van der Waals surface area contributed by atoms with E-state index in [1.807, 2.05) is 53.4 Å². The number of piperazine rings is 1. The number of carbonyl (C=O) groups excluding carboxylic acids is 2. The van der Waals surface area contributed by atoms with Crippen LogP contribution in [0, 0.1) is 10.1 Å². The lowest BCUT2D eigenvalue weighted by Gasteiger charge is -2.36. The van der Waals surface area contributed by atoms with E-state index in [1.54, 1.807) is 6.07 Å². The molecule has 4 aromatic rings. The molecule has 3 aromatic carbocycles. The van der Waals surface area contributed by atoms with Crippen LogP contribution >= 0.6 is 27.7 Å². The van der Waals surface area contributed by atoms with E-state index in [4.69, 9.17) is 4.42 Å². The Hall–Kier alpha value is -4.23. The van der Waals surface area contributed by atoms with Crippen molar-refractivity contribution in [3.05, 3.63) is 92.9 Å². The van der Waals surface area contributed by atoms with Gasteiger partial charge in [0.1, 0.15) is 0 Å². The molecule has 2 amide bonds. The van der Waals surface area contributed by atoms with Crippen molar-refractivity contribution in [1.82, 2.24) is 15.1 Å². The molecule has 11 nitrogen and oxygen atoms in total. The molecule has 1 aromatic heterocycles. The molecule has 1 saturated heterocycles. The van der Waals surface area contributed by atoms with Crippen molar-refractivity contribution in [3.8, 4) is 11.5 Å². The van der Waals surface area contributed by atoms with Gasteiger partial charge in [0.25, 0.3) is 16.8 Å². The number of carbonyl (C=O) groups is 2. The third-order valence-corrected chi connectivity index (χ3v) is 7.73. The molecule has 1 N–H and O–H groups in total. The average Bonchev–Trinajstić information content (AvgIpc) is 3.46. The first-order valence-corrected chi connectivity index (χ1v) is 14.0. The van der Waals surface area contributed by atoms with Gasteiger partial charge in [-0.3, -0.25) is 19.7 Å². The number of anilines is 2. The average molecular weight is 623 g/mol. The number of nitrogens with one attached hydrogen (secondary N) is 1. The van der Waals surface area contributed by atoms with Crippen LogP contribution in [0.5, 0.6) is 0 Å². The van der Waals surface area contributed by atoms with Gasteiger partial charge >= 0.3 is 0 Å². The topological polar surface area (TPSA) is 135 Å². The van der Waals surface area contributed by atoms with Crippen LogP contribution in [0.25, 0.3) is 11.5 Å². The molecule has 0 atom stereocenters. The number of non-ortho nitro benzene ring substituents is 1. The number of nitrogens with zero attached hydrogens (tertiary/aromatic N) is 5. The third-order valence-electron chi connectivity index (χ3n) is 6.22. The number of hydrogen-bond acceptors (Lipinski definition) is 9. The number of nitro benzene ring substituents is 1. The predicted molar refractivity (Wildman–Crippen MR) is 154 cm³/mol. The molecular formula is C27H23BrN6O5S. The summed E-state index contributed by atoms with van der Waals surface area (Å²) in [7, 11) is 0. The van der Waals surface area contributed by atoms with Crippen LogP contribution in [-0.4, -0.2) is 63.8 Å². The minimum absolute atomic E-state index is 0.0175. The van der Waals surface area contributed by atoms with Gasteiger partial charge in [0.05, 0.1) is 16.2 Å². The van der Waals surface area contributed by atoms with E-state index in [0.717, 1.165) is 21.9 Å². The fraction of sp³-hybridized carbons (Fsp3) is 0.185. The van der Waals surface area contributed by atoms with Crippen LogP contribution in [-0.2, 0) is 4.79 Å². The molecule has 1 aliphatic rings. The Bertz CT molecular complexity index is 1540. The van der Waals surface area contributed by atoms with Gasteiger partial charge in [-0.05, 0) is 58.4 Å². The molecule has 2 heterocycles. The zero-order valence-corrected chi connectivity index (χ0v) is 23.4. The van der Waals surface area contributed by atoms with Gasteiger partial charge in [-0.2, -0.15) is 0 Å². The van der Waals surface area contributed by atoms with Crippen molar-refractivity contribution < 1.29 is 18.9 Å². The number of hydrogen-bond donors (Lipinski definition) is 1. The standard InChI is InChI=1S/C27H23BrN6O5S/c28-23-7-2-1-6-22(23)26(36)33-14-12-32(13-15-33)20-10-8-19(9-11-20)29-24(35)17-40-27-31-30-25(39-27)18-4-3-5-21(16-18)34(37)38/h1-11,16H,12-15,17H2,(H,29,35). The number of halogens is 1. The molecule has 0 aliphatic carbocycles. The van der Waals surface area contributed by atoms with Crippen LogP contribution in [0.2, 0.25) is 0 Å². The number of nitro groups is 1. The summed E-state index contributed by atoms with van der Waals surface area (Å²) in [6.45, 7) is 2.66. The highest BCUT2D eigenvalue weighted by Gasteiger charge is 2.23. The Morgan fingerprint density at radius 2 is 1.75 bits per heavy atom. The van der Waals surface area contributed by atoms with E-state index in [9.17, 15) is 19.7 Å². The maximum atomic E-state index is 12.9. The Kier molecular flexibility index (Phi) is 8.41. The summed E-state index contributed by atoms with van der Waals surface area (Å²) in [5, 5.41) is 21.8. The summed E-state index contributed by atoms with van der Waals surface area (Å²) >= 11 is 4.53. The monoisotopic (exact) mass is 622 g/mol. The highest BCUT2D eigenvalue weighted by molar-refractivity contribution is 9.10. The molecule has 0 saturated carbocycles. The first-order valence-electron chi connectivity index (χ1n) is 12.3. The summed E-state index contributed by atoms with van der Waals surface area (Å²) in [5.74, 6) is -0.0394. The Morgan fingerprint density at radius 1 is 1.00 bits per heavy atom. The number of rotatable bonds is 8. The first-order chi connectivity index (χ1) is 19.4. The third kappa shape index (κ3) is 6.49. The van der Waals surface area contributed by atoms with Crippen LogP contribution in [0.3, 0.4) is 0 Å². The van der Waals surface area contributed by atoms with Gasteiger partial charge in [-0.25, -0.2) is 0 Å². The largest absolute Gasteiger partial charge is 0.411 e. The molecule has 5 rings (SSSR count). The number of benzene rings is 3. The van der Waals surface area contributed by atoms with Crippen molar-refractivity contribution in [2.24, 2.45) is 0 Å². The number of thioether (sulfide) groups is 1. The zero-order chi connectivity index (χ0) is 28.1. The van der Waals surface area contributed by atoms with Crippen LogP contribution in [0.15, 0.2) is 86.9 Å². The van der Waals surface area contributed by atoms with E-state index in [-0.39, 0.29) is 34.4 Å². The highest BCUT2D eigenvalue weighted by Crippen LogP contribution is 2.26. The Labute approximate surface area is 241 Å². The first kappa shape index (κ1) is 27.3. The molecule has 40 heavy (non-hydrogen) atoms. The van der Waals surface area contributed by atoms with Gasteiger partial charge in [-0.15, -0.1) is 10.2 Å². The summed E-state index contributed by atoms with van der Waals surface area (Å²) in [4.78, 5) is 39.9. The van der Waals surface area contributed by atoms with Crippen molar-refractivity contribution in [2.75, 3.05) is 42.1 Å². The Morgan fingerprint density at radius 3 is 2.48 bits per heavy atom. The van der Waals surface area contributed by atoms with Crippen molar-refractivity contribution >= 4 is 56.6 Å². The molecule has 0 spiro atoms. The lowest BCUT2D eigenvalue weighted by Crippen LogP contribution is -2.48. The quantitative estimate of drug-likeness (QED) is 0.162. The SMILES string of the molecule is O=C(CSc1nnc(-c2cccc([N+](=O)[O-])c2)o1)Nc1ccc(N2CCN(C(=O)c3ccccc3Br)CC2)cc1. The van der Waals surface area contributed by atoms with Crippen LogP contribution in [0.4, 0.5) is 17.1 Å². The normalized spacial score (nSPS) is 13.2. The second kappa shape index (κ2) is 12.3. The van der Waals surface area contributed by atoms with Gasteiger partial charge in [0.15, 0.2) is 0 Å². The van der Waals surface area contributed by atoms with Crippen molar-refractivity contribution in [1.29, 1.82) is 0 Å². The summed E-state index contributed by atoms with van der Waals surface area (Å²) < 4.78 is 6.34. The summed E-state index contributed by atoms with van der Waals surface area (Å²) in [6.07, 6.45) is 0. The predicted octanol–water partition coefficient (Wildman–Crippen LogP) is 5.10. The highest BCUT2D eigenvalue weighted by atomic mass is 79.9. The van der Waals surface area contributed by atoms with Crippen LogP contribution < -0.4 is 10.2 Å². The molecule has 0 radical (unpaired) electrons. The molecular weight excluding hydrogens is 600 g/mol. The van der Waals surface area contributed by atoms with Gasteiger partial charge in [-0.1, -0.05) is 30.0 Å². The van der Waals surface area contributed by atoms with Crippen molar-refractivity contribution in [2.45, 2.75) is 5.22 Å². The minimum Gasteiger partial charge on any atom is -0.411 e. The Balaban J connectivity index is 1.10. The van der Waals surface area contributed by atoms with Crippen molar-refractivity contribution in [3.63, 3.8) is 0 Å². The lowest BCUT2D eigenvalue weighted by molar-refractivity contribution is -0.384. The molecule has 0 bridgehead atoms. The second-order valence-electron chi connectivity index (χ2n) is 8.82. The molecule has 0 unspecified atom stereocenters. The number of aromatic nitrogens is 2. The van der Waals surface area contributed by atoms with E-state index < -0.39 is 4.92 Å². The summed E-state index contributed by atoms with van der Waals surface area (Å²) in [5.41, 5.74) is 2.68. The van der Waals surface area contributed by atoms with Gasteiger partial charge in [0, 0.05) is 59.7 Å². The van der Waals surface area contributed by atoms with E-state index in [2.05, 4.69) is 36.3 Å². The molecule has 1 fully saturated rings. The van der Waals surface area contributed by atoms with Crippen LogP contribution in [0.1, 0.15) is 10.4 Å². The molecule has 204 valence electrons. The lowest BCUT2D eigenvalue weighted by atomic mass is 10.1. The second-order valence-corrected chi connectivity index (χ2v) is 10.6. The molecule has 1 aliphatic heterocycles. The number of amides is 2. The smallest absolute Gasteiger partial charge is 0.277 e. The van der Waals surface area contributed by atoms with Gasteiger partial charge < -0.3 is 19.5 Å². The fourth-order valence-corrected chi connectivity index (χ4v) is 5.21. The minimum atomic E-state index is -0.499. The maximum absolute atomic E-state index is 12.9. The van der Waals surface area contributed by atoms with E-state index >= 15 is 0 Å². The fourth-order valence-electron chi connectivity index (χ4n) is 4.19. The van der Waals surface area contributed by atoms with E-state index in [0.29, 0.717) is 43.0 Å². The van der Waals surface area contributed by atoms with E-state index in [1.165, 1.54) is 18.2 Å². The zero-order valence-electron chi connectivity index (χ0n) is 21.0. The van der Waals surface area contributed by atoms with Gasteiger partial charge in [0.2, 0.25) is 11.8 Å². The maximum Gasteiger partial charge on any atom is 0.277 e. The summed E-state index contributed by atoms with van der Waals surface area (Å²) in [6, 6.07) is 20.9. The molecule has 13 heteroatoms.